The number of anilines is 1. The molecule has 2 aromatic rings. The summed E-state index contributed by atoms with van der Waals surface area (Å²) in [5.41, 5.74) is 0.420. The molecule has 0 atom stereocenters. The summed E-state index contributed by atoms with van der Waals surface area (Å²) in [4.78, 5) is 20.1. The minimum absolute atomic E-state index is 0.133. The Hall–Kier alpha value is -2.28. The fourth-order valence-electron chi connectivity index (χ4n) is 3.81. The van der Waals surface area contributed by atoms with Gasteiger partial charge < -0.3 is 9.47 Å². The number of hydrogen-bond donors (Lipinski definition) is 0. The number of hydrogen-bond acceptors (Lipinski definition) is 4. The minimum Gasteiger partial charge on any atom is -0.341 e. The number of fused-ring (bicyclic) bond motifs is 3. The Morgan fingerprint density at radius 2 is 1.96 bits per heavy atom. The molecule has 1 aromatic heterocycles. The third kappa shape index (κ3) is 2.72. The molecule has 0 N–H and O–H groups in total. The van der Waals surface area contributed by atoms with Crippen molar-refractivity contribution in [1.29, 1.82) is 0 Å². The maximum Gasteiger partial charge on any atom is 0.300 e. The van der Waals surface area contributed by atoms with Crippen LogP contribution in [0.4, 0.5) is 14.7 Å². The summed E-state index contributed by atoms with van der Waals surface area (Å²) >= 11 is 0. The van der Waals surface area contributed by atoms with Crippen molar-refractivity contribution < 1.29 is 8.78 Å². The Morgan fingerprint density at radius 1 is 1.20 bits per heavy atom. The zero-order chi connectivity index (χ0) is 17.6. The third-order valence-corrected chi connectivity index (χ3v) is 4.91. The fraction of sp³-hybridized carbons (Fsp3) is 0.444. The van der Waals surface area contributed by atoms with E-state index in [0.717, 1.165) is 5.56 Å². The summed E-state index contributed by atoms with van der Waals surface area (Å²) in [7, 11) is 0. The zero-order valence-corrected chi connectivity index (χ0v) is 14.1. The van der Waals surface area contributed by atoms with Gasteiger partial charge in [0.15, 0.2) is 0 Å². The summed E-state index contributed by atoms with van der Waals surface area (Å²) in [6.45, 7) is 3.86. The molecule has 3 heterocycles. The first-order valence-electron chi connectivity index (χ1n) is 8.53. The van der Waals surface area contributed by atoms with E-state index in [1.54, 1.807) is 9.47 Å². The highest BCUT2D eigenvalue weighted by Gasteiger charge is 2.45. The monoisotopic (exact) mass is 346 g/mol. The van der Waals surface area contributed by atoms with Crippen LogP contribution >= 0.6 is 0 Å². The van der Waals surface area contributed by atoms with E-state index in [-0.39, 0.29) is 24.3 Å². The SMILES string of the molecule is CCN1CCn2c1nc(=O)c1c2C(F)(F)CN(Cc2ccccc2)C1. The smallest absolute Gasteiger partial charge is 0.300 e. The number of rotatable bonds is 3. The van der Waals surface area contributed by atoms with Gasteiger partial charge >= 0.3 is 5.92 Å². The molecule has 0 aliphatic carbocycles. The van der Waals surface area contributed by atoms with Gasteiger partial charge in [0.2, 0.25) is 5.95 Å². The summed E-state index contributed by atoms with van der Waals surface area (Å²) < 4.78 is 31.5. The van der Waals surface area contributed by atoms with Crippen LogP contribution in [0.1, 0.15) is 23.7 Å². The number of halogens is 2. The van der Waals surface area contributed by atoms with Crippen LogP contribution in [0.2, 0.25) is 0 Å². The first-order valence-corrected chi connectivity index (χ1v) is 8.53. The van der Waals surface area contributed by atoms with Gasteiger partial charge in [-0.3, -0.25) is 9.69 Å². The third-order valence-electron chi connectivity index (χ3n) is 4.91. The van der Waals surface area contributed by atoms with Crippen LogP contribution in [-0.4, -0.2) is 34.1 Å². The minimum atomic E-state index is -3.07. The molecule has 2 aliphatic rings. The van der Waals surface area contributed by atoms with Gasteiger partial charge in [-0.15, -0.1) is 0 Å². The molecular weight excluding hydrogens is 326 g/mol. The van der Waals surface area contributed by atoms with Crippen LogP contribution in [0, 0.1) is 0 Å². The zero-order valence-electron chi connectivity index (χ0n) is 14.1. The van der Waals surface area contributed by atoms with E-state index < -0.39 is 11.5 Å². The van der Waals surface area contributed by atoms with E-state index in [0.29, 0.717) is 32.1 Å². The molecule has 4 rings (SSSR count). The molecule has 25 heavy (non-hydrogen) atoms. The van der Waals surface area contributed by atoms with Crippen LogP contribution in [0.3, 0.4) is 0 Å². The van der Waals surface area contributed by atoms with Crippen molar-refractivity contribution in [3.8, 4) is 0 Å². The van der Waals surface area contributed by atoms with Crippen molar-refractivity contribution >= 4 is 5.95 Å². The van der Waals surface area contributed by atoms with Gasteiger partial charge in [0.25, 0.3) is 5.56 Å². The lowest BCUT2D eigenvalue weighted by molar-refractivity contribution is -0.0621. The lowest BCUT2D eigenvalue weighted by atomic mass is 10.0. The molecule has 1 aromatic carbocycles. The molecule has 0 bridgehead atoms. The number of likely N-dealkylation sites (N-methyl/N-ethyl adjacent to an activating group) is 1. The van der Waals surface area contributed by atoms with Gasteiger partial charge in [0.1, 0.15) is 5.69 Å². The highest BCUT2D eigenvalue weighted by atomic mass is 19.3. The second-order valence-corrected chi connectivity index (χ2v) is 6.61. The molecule has 0 amide bonds. The van der Waals surface area contributed by atoms with Gasteiger partial charge in [-0.1, -0.05) is 30.3 Å². The first kappa shape index (κ1) is 16.2. The molecule has 7 heteroatoms. The molecule has 0 spiro atoms. The van der Waals surface area contributed by atoms with E-state index in [2.05, 4.69) is 4.98 Å². The Labute approximate surface area is 144 Å². The molecular formula is C18H20F2N4O. The van der Waals surface area contributed by atoms with Crippen LogP contribution in [0.5, 0.6) is 0 Å². The second kappa shape index (κ2) is 5.91. The van der Waals surface area contributed by atoms with Gasteiger partial charge in [-0.2, -0.15) is 13.8 Å². The van der Waals surface area contributed by atoms with Crippen LogP contribution < -0.4 is 10.5 Å². The summed E-state index contributed by atoms with van der Waals surface area (Å²) in [5, 5.41) is 0. The van der Waals surface area contributed by atoms with E-state index >= 15 is 0 Å². The van der Waals surface area contributed by atoms with E-state index in [1.165, 1.54) is 0 Å². The van der Waals surface area contributed by atoms with Crippen LogP contribution in [0.25, 0.3) is 0 Å². The Bertz CT molecular complexity index is 850. The average Bonchev–Trinajstić information content (AvgIpc) is 2.97. The molecule has 0 unspecified atom stereocenters. The first-order chi connectivity index (χ1) is 12.0. The van der Waals surface area contributed by atoms with E-state index in [4.69, 9.17) is 0 Å². The van der Waals surface area contributed by atoms with Crippen molar-refractivity contribution in [2.24, 2.45) is 0 Å². The van der Waals surface area contributed by atoms with Crippen LogP contribution in [-0.2, 0) is 25.6 Å². The maximum absolute atomic E-state index is 15.0. The van der Waals surface area contributed by atoms with E-state index in [1.807, 2.05) is 42.2 Å². The standard InChI is InChI=1S/C18H20F2N4O/c1-2-23-8-9-24-15-14(16(25)21-17(23)24)11-22(12-18(15,19)20)10-13-6-4-3-5-7-13/h3-7H,2,8-12H2,1H3. The average molecular weight is 346 g/mol. The Kier molecular flexibility index (Phi) is 3.83. The lowest BCUT2D eigenvalue weighted by Crippen LogP contribution is -2.45. The van der Waals surface area contributed by atoms with Crippen molar-refractivity contribution in [3.05, 3.63) is 57.5 Å². The van der Waals surface area contributed by atoms with Gasteiger partial charge in [-0.25, -0.2) is 0 Å². The number of aromatic nitrogens is 2. The van der Waals surface area contributed by atoms with Gasteiger partial charge in [0, 0.05) is 32.7 Å². The van der Waals surface area contributed by atoms with Crippen molar-refractivity contribution in [2.45, 2.75) is 32.5 Å². The highest BCUT2D eigenvalue weighted by Crippen LogP contribution is 2.38. The normalized spacial score (nSPS) is 18.9. The topological polar surface area (TPSA) is 41.4 Å². The van der Waals surface area contributed by atoms with Crippen molar-refractivity contribution in [2.75, 3.05) is 24.5 Å². The molecule has 0 saturated carbocycles. The molecule has 5 nitrogen and oxygen atoms in total. The van der Waals surface area contributed by atoms with Gasteiger partial charge in [-0.05, 0) is 12.5 Å². The quantitative estimate of drug-likeness (QED) is 0.854. The molecule has 2 aliphatic heterocycles. The predicted molar refractivity (Wildman–Crippen MR) is 90.8 cm³/mol. The predicted octanol–water partition coefficient (Wildman–Crippen LogP) is 2.19. The summed E-state index contributed by atoms with van der Waals surface area (Å²) in [6.07, 6.45) is 0. The van der Waals surface area contributed by atoms with Crippen LogP contribution in [0.15, 0.2) is 35.1 Å². The molecule has 0 radical (unpaired) electrons. The second-order valence-electron chi connectivity index (χ2n) is 6.61. The molecule has 0 fully saturated rings. The Balaban J connectivity index is 1.74. The number of benzene rings is 1. The number of nitrogens with zero attached hydrogens (tertiary/aromatic N) is 4. The molecule has 0 saturated heterocycles. The van der Waals surface area contributed by atoms with Crippen molar-refractivity contribution in [3.63, 3.8) is 0 Å². The molecule has 132 valence electrons. The largest absolute Gasteiger partial charge is 0.341 e. The lowest BCUT2D eigenvalue weighted by Gasteiger charge is -2.35. The van der Waals surface area contributed by atoms with Crippen molar-refractivity contribution in [1.82, 2.24) is 14.5 Å². The maximum atomic E-state index is 15.0. The van der Waals surface area contributed by atoms with E-state index in [9.17, 15) is 13.6 Å². The van der Waals surface area contributed by atoms with Gasteiger partial charge in [0.05, 0.1) is 12.1 Å². The fourth-order valence-corrected chi connectivity index (χ4v) is 3.81. The Morgan fingerprint density at radius 3 is 2.68 bits per heavy atom. The number of alkyl halides is 2. The highest BCUT2D eigenvalue weighted by molar-refractivity contribution is 5.41. The summed E-state index contributed by atoms with van der Waals surface area (Å²) in [5.74, 6) is -2.69. The summed E-state index contributed by atoms with van der Waals surface area (Å²) in [6, 6.07) is 9.46.